The number of anilines is 1. The topological polar surface area (TPSA) is 36.4 Å². The molecule has 0 N–H and O–H groups in total. The molecule has 0 aliphatic rings. The van der Waals surface area contributed by atoms with Gasteiger partial charge in [-0.05, 0) is 70.3 Å². The molecule has 0 fully saturated rings. The average molecular weight is 368 g/mol. The minimum atomic E-state index is -0.000602. The van der Waals surface area contributed by atoms with E-state index < -0.39 is 0 Å². The van der Waals surface area contributed by atoms with E-state index in [-0.39, 0.29) is 5.91 Å². The van der Waals surface area contributed by atoms with Crippen molar-refractivity contribution in [1.82, 2.24) is 9.88 Å². The van der Waals surface area contributed by atoms with Crippen LogP contribution in [-0.2, 0) is 0 Å². The highest BCUT2D eigenvalue weighted by atomic mass is 32.1. The maximum atomic E-state index is 13.2. The van der Waals surface area contributed by atoms with Crippen molar-refractivity contribution < 1.29 is 4.79 Å². The summed E-state index contributed by atoms with van der Waals surface area (Å²) in [5, 5.41) is 0.762. The summed E-state index contributed by atoms with van der Waals surface area (Å²) in [7, 11) is 4.03. The second-order valence-electron chi connectivity index (χ2n) is 7.03. The Kier molecular flexibility index (Phi) is 5.39. The van der Waals surface area contributed by atoms with Gasteiger partial charge in [-0.1, -0.05) is 29.0 Å². The van der Waals surface area contributed by atoms with Gasteiger partial charge in [0.2, 0.25) is 0 Å². The third-order valence-electron chi connectivity index (χ3n) is 4.54. The van der Waals surface area contributed by atoms with E-state index in [0.29, 0.717) is 12.1 Å². The number of likely N-dealkylation sites (N-methyl/N-ethyl adjacent to an activating group) is 1. The SMILES string of the molecule is Cc1ccc(C(=O)N(CCN(C)C)c2nc3cc(C)c(C)cc3s2)cc1. The van der Waals surface area contributed by atoms with Gasteiger partial charge < -0.3 is 4.90 Å². The first-order valence-electron chi connectivity index (χ1n) is 8.76. The van der Waals surface area contributed by atoms with Crippen molar-refractivity contribution >= 4 is 32.6 Å². The van der Waals surface area contributed by atoms with Crippen LogP contribution in [0.25, 0.3) is 10.2 Å². The molecule has 0 aliphatic carbocycles. The van der Waals surface area contributed by atoms with Crippen LogP contribution < -0.4 is 4.90 Å². The Balaban J connectivity index is 2.00. The standard InChI is InChI=1S/C21H25N3OS/c1-14-6-8-17(9-7-14)20(25)24(11-10-23(4)5)21-22-18-12-15(2)16(3)13-19(18)26-21/h6-9,12-13H,10-11H2,1-5H3. The van der Waals surface area contributed by atoms with Crippen LogP contribution in [0.15, 0.2) is 36.4 Å². The van der Waals surface area contributed by atoms with E-state index in [9.17, 15) is 4.79 Å². The van der Waals surface area contributed by atoms with Gasteiger partial charge in [0, 0.05) is 18.7 Å². The fourth-order valence-corrected chi connectivity index (χ4v) is 3.79. The third-order valence-corrected chi connectivity index (χ3v) is 5.58. The molecular weight excluding hydrogens is 342 g/mol. The molecule has 1 heterocycles. The molecule has 1 aromatic heterocycles. The fraction of sp³-hybridized carbons (Fsp3) is 0.333. The zero-order chi connectivity index (χ0) is 18.8. The zero-order valence-corrected chi connectivity index (χ0v) is 16.9. The van der Waals surface area contributed by atoms with E-state index in [2.05, 4.69) is 30.9 Å². The van der Waals surface area contributed by atoms with Crippen LogP contribution in [0.3, 0.4) is 0 Å². The Morgan fingerprint density at radius 2 is 1.65 bits per heavy atom. The van der Waals surface area contributed by atoms with Crippen LogP contribution in [0.5, 0.6) is 0 Å². The largest absolute Gasteiger partial charge is 0.308 e. The van der Waals surface area contributed by atoms with E-state index >= 15 is 0 Å². The minimum absolute atomic E-state index is 0.000602. The molecule has 0 atom stereocenters. The summed E-state index contributed by atoms with van der Waals surface area (Å²) in [5.74, 6) is -0.000602. The first kappa shape index (κ1) is 18.5. The second kappa shape index (κ2) is 7.56. The van der Waals surface area contributed by atoms with Gasteiger partial charge in [-0.15, -0.1) is 0 Å². The number of amides is 1. The summed E-state index contributed by atoms with van der Waals surface area (Å²) in [6.07, 6.45) is 0. The van der Waals surface area contributed by atoms with Crippen molar-refractivity contribution in [2.75, 3.05) is 32.1 Å². The van der Waals surface area contributed by atoms with Gasteiger partial charge >= 0.3 is 0 Å². The number of rotatable bonds is 5. The molecule has 0 unspecified atom stereocenters. The lowest BCUT2D eigenvalue weighted by molar-refractivity contribution is 0.0985. The number of fused-ring (bicyclic) bond motifs is 1. The predicted molar refractivity (Wildman–Crippen MR) is 111 cm³/mol. The number of benzene rings is 2. The van der Waals surface area contributed by atoms with Crippen molar-refractivity contribution in [1.29, 1.82) is 0 Å². The van der Waals surface area contributed by atoms with Crippen LogP contribution in [0.4, 0.5) is 5.13 Å². The zero-order valence-electron chi connectivity index (χ0n) is 16.0. The lowest BCUT2D eigenvalue weighted by Gasteiger charge is -2.22. The number of thiazole rings is 1. The van der Waals surface area contributed by atoms with Crippen molar-refractivity contribution in [3.63, 3.8) is 0 Å². The van der Waals surface area contributed by atoms with Crippen molar-refractivity contribution in [3.05, 3.63) is 58.7 Å². The highest BCUT2D eigenvalue weighted by Gasteiger charge is 2.21. The van der Waals surface area contributed by atoms with Gasteiger partial charge in [0.05, 0.1) is 10.2 Å². The molecule has 1 amide bonds. The Bertz CT molecular complexity index is 889. The molecule has 0 spiro atoms. The van der Waals surface area contributed by atoms with Gasteiger partial charge in [-0.25, -0.2) is 4.98 Å². The monoisotopic (exact) mass is 367 g/mol. The molecule has 3 rings (SSSR count). The number of carbonyl (C=O) groups is 1. The fourth-order valence-electron chi connectivity index (χ4n) is 2.72. The van der Waals surface area contributed by atoms with E-state index in [1.54, 1.807) is 16.2 Å². The smallest absolute Gasteiger partial charge is 0.260 e. The van der Waals surface area contributed by atoms with Crippen molar-refractivity contribution in [3.8, 4) is 0 Å². The second-order valence-corrected chi connectivity index (χ2v) is 8.04. The summed E-state index contributed by atoms with van der Waals surface area (Å²) >= 11 is 1.58. The van der Waals surface area contributed by atoms with Gasteiger partial charge in [0.25, 0.3) is 5.91 Å². The first-order valence-corrected chi connectivity index (χ1v) is 9.58. The van der Waals surface area contributed by atoms with Gasteiger partial charge in [-0.3, -0.25) is 9.69 Å². The van der Waals surface area contributed by atoms with E-state index in [1.807, 2.05) is 45.3 Å². The number of aryl methyl sites for hydroxylation is 3. The molecule has 136 valence electrons. The van der Waals surface area contributed by atoms with E-state index in [4.69, 9.17) is 4.98 Å². The molecule has 3 aromatic rings. The molecule has 0 aliphatic heterocycles. The lowest BCUT2D eigenvalue weighted by atomic mass is 10.1. The molecule has 4 nitrogen and oxygen atoms in total. The van der Waals surface area contributed by atoms with Crippen LogP contribution in [0.1, 0.15) is 27.0 Å². The first-order chi connectivity index (χ1) is 12.3. The molecule has 0 radical (unpaired) electrons. The molecule has 2 aromatic carbocycles. The lowest BCUT2D eigenvalue weighted by Crippen LogP contribution is -2.36. The highest BCUT2D eigenvalue weighted by Crippen LogP contribution is 2.31. The number of aromatic nitrogens is 1. The summed E-state index contributed by atoms with van der Waals surface area (Å²) in [5.41, 5.74) is 5.27. The van der Waals surface area contributed by atoms with Gasteiger partial charge in [0.15, 0.2) is 5.13 Å². The number of hydrogen-bond acceptors (Lipinski definition) is 4. The Labute approximate surface area is 159 Å². The summed E-state index contributed by atoms with van der Waals surface area (Å²) in [4.78, 5) is 21.8. The summed E-state index contributed by atoms with van der Waals surface area (Å²) in [6.45, 7) is 7.61. The van der Waals surface area contributed by atoms with E-state index in [1.165, 1.54) is 11.1 Å². The van der Waals surface area contributed by atoms with Crippen LogP contribution in [-0.4, -0.2) is 43.0 Å². The number of hydrogen-bond donors (Lipinski definition) is 0. The van der Waals surface area contributed by atoms with Gasteiger partial charge in [0.1, 0.15) is 0 Å². The predicted octanol–water partition coefficient (Wildman–Crippen LogP) is 4.43. The van der Waals surface area contributed by atoms with Crippen LogP contribution in [0, 0.1) is 20.8 Å². The Morgan fingerprint density at radius 3 is 2.31 bits per heavy atom. The minimum Gasteiger partial charge on any atom is -0.308 e. The van der Waals surface area contributed by atoms with Crippen molar-refractivity contribution in [2.24, 2.45) is 0 Å². The maximum Gasteiger partial charge on any atom is 0.260 e. The molecule has 26 heavy (non-hydrogen) atoms. The highest BCUT2D eigenvalue weighted by molar-refractivity contribution is 7.22. The van der Waals surface area contributed by atoms with Crippen molar-refractivity contribution in [2.45, 2.75) is 20.8 Å². The third kappa shape index (κ3) is 3.94. The van der Waals surface area contributed by atoms with Crippen LogP contribution >= 0.6 is 11.3 Å². The molecule has 0 saturated carbocycles. The van der Waals surface area contributed by atoms with Crippen LogP contribution in [0.2, 0.25) is 0 Å². The molecule has 5 heteroatoms. The Hall–Kier alpha value is -2.24. The number of nitrogens with zero attached hydrogens (tertiary/aromatic N) is 3. The summed E-state index contributed by atoms with van der Waals surface area (Å²) in [6, 6.07) is 12.0. The molecule has 0 bridgehead atoms. The van der Waals surface area contributed by atoms with E-state index in [0.717, 1.165) is 27.5 Å². The maximum absolute atomic E-state index is 13.2. The quantitative estimate of drug-likeness (QED) is 0.669. The Morgan fingerprint density at radius 1 is 1.00 bits per heavy atom. The molecular formula is C21H25N3OS. The average Bonchev–Trinajstić information content (AvgIpc) is 2.98. The number of carbonyl (C=O) groups excluding carboxylic acids is 1. The molecule has 0 saturated heterocycles. The normalized spacial score (nSPS) is 11.3. The van der Waals surface area contributed by atoms with Gasteiger partial charge in [-0.2, -0.15) is 0 Å². The summed E-state index contributed by atoms with van der Waals surface area (Å²) < 4.78 is 1.12.